The number of allylic oxidation sites excluding steroid dienone is 3. The molecule has 0 unspecified atom stereocenters. The molecule has 0 atom stereocenters. The van der Waals surface area contributed by atoms with Crippen LogP contribution in [0.5, 0.6) is 0 Å². The van der Waals surface area contributed by atoms with Gasteiger partial charge in [0.2, 0.25) is 0 Å². The van der Waals surface area contributed by atoms with E-state index in [1.54, 1.807) is 32.9 Å². The minimum Gasteiger partial charge on any atom is -0.478 e. The summed E-state index contributed by atoms with van der Waals surface area (Å²) in [7, 11) is 0. The first-order valence-corrected chi connectivity index (χ1v) is 9.33. The minimum absolute atomic E-state index is 0.283. The highest BCUT2D eigenvalue weighted by Crippen LogP contribution is 2.33. The average Bonchev–Trinajstić information content (AvgIpc) is 2.63. The number of ether oxygens (including phenoxy) is 1. The highest BCUT2D eigenvalue weighted by atomic mass is 19.4. The topological polar surface area (TPSA) is 66.8 Å². The Morgan fingerprint density at radius 3 is 2.23 bits per heavy atom. The van der Waals surface area contributed by atoms with Gasteiger partial charge in [-0.1, -0.05) is 30.4 Å². The van der Waals surface area contributed by atoms with Crippen LogP contribution in [0.15, 0.2) is 54.1 Å². The van der Waals surface area contributed by atoms with Crippen molar-refractivity contribution in [1.82, 2.24) is 4.90 Å². The van der Waals surface area contributed by atoms with Crippen LogP contribution in [0.4, 0.5) is 18.0 Å². The van der Waals surface area contributed by atoms with E-state index in [9.17, 15) is 22.8 Å². The van der Waals surface area contributed by atoms with E-state index in [1.165, 1.54) is 23.1 Å². The highest BCUT2D eigenvalue weighted by Gasteiger charge is 2.30. The Morgan fingerprint density at radius 1 is 1.13 bits per heavy atom. The van der Waals surface area contributed by atoms with Crippen LogP contribution in [0.25, 0.3) is 5.57 Å². The maximum atomic E-state index is 12.9. The Kier molecular flexibility index (Phi) is 7.12. The van der Waals surface area contributed by atoms with Gasteiger partial charge >= 0.3 is 18.2 Å². The average molecular weight is 423 g/mol. The zero-order valence-corrected chi connectivity index (χ0v) is 17.0. The molecule has 0 fully saturated rings. The summed E-state index contributed by atoms with van der Waals surface area (Å²) in [4.78, 5) is 24.5. The number of carboxylic acid groups (broad SMARTS) is 1. The Hall–Kier alpha value is -3.03. The molecule has 1 N–H and O–H groups in total. The van der Waals surface area contributed by atoms with Crippen LogP contribution in [-0.4, -0.2) is 40.8 Å². The molecule has 5 nitrogen and oxygen atoms in total. The van der Waals surface area contributed by atoms with E-state index in [-0.39, 0.29) is 6.54 Å². The SMILES string of the molecule is CC(C)(C)OC(=O)N1CC=C(C(=CC=CC(=O)O)c2ccc(C(F)(F)F)cc2)CC1. The molecule has 162 valence electrons. The van der Waals surface area contributed by atoms with Crippen molar-refractivity contribution in [3.05, 3.63) is 65.3 Å². The molecule has 1 aromatic rings. The highest BCUT2D eigenvalue weighted by molar-refractivity contribution is 5.84. The van der Waals surface area contributed by atoms with E-state index in [0.717, 1.165) is 23.8 Å². The van der Waals surface area contributed by atoms with E-state index in [0.29, 0.717) is 24.1 Å². The van der Waals surface area contributed by atoms with Crippen LogP contribution < -0.4 is 0 Å². The van der Waals surface area contributed by atoms with Crippen molar-refractivity contribution >= 4 is 17.6 Å². The quantitative estimate of drug-likeness (QED) is 0.527. The van der Waals surface area contributed by atoms with Crippen molar-refractivity contribution in [3.63, 3.8) is 0 Å². The molecule has 1 aliphatic heterocycles. The lowest BCUT2D eigenvalue weighted by atomic mass is 9.92. The van der Waals surface area contributed by atoms with Gasteiger partial charge in [-0.25, -0.2) is 9.59 Å². The second-order valence-corrected chi connectivity index (χ2v) is 7.76. The van der Waals surface area contributed by atoms with Crippen molar-refractivity contribution < 1.29 is 32.6 Å². The molecule has 30 heavy (non-hydrogen) atoms. The zero-order valence-electron chi connectivity index (χ0n) is 17.0. The molecule has 1 heterocycles. The van der Waals surface area contributed by atoms with Gasteiger partial charge in [-0.15, -0.1) is 0 Å². The van der Waals surface area contributed by atoms with Crippen molar-refractivity contribution in [2.24, 2.45) is 0 Å². The summed E-state index contributed by atoms with van der Waals surface area (Å²) in [6, 6.07) is 4.68. The molecule has 2 rings (SSSR count). The van der Waals surface area contributed by atoms with Crippen molar-refractivity contribution in [3.8, 4) is 0 Å². The van der Waals surface area contributed by atoms with E-state index >= 15 is 0 Å². The molecule has 0 aromatic heterocycles. The van der Waals surface area contributed by atoms with Crippen molar-refractivity contribution in [2.45, 2.75) is 39.0 Å². The molecule has 1 aromatic carbocycles. The van der Waals surface area contributed by atoms with Gasteiger partial charge < -0.3 is 14.7 Å². The lowest BCUT2D eigenvalue weighted by Gasteiger charge is -2.30. The molecule has 8 heteroatoms. The van der Waals surface area contributed by atoms with Gasteiger partial charge in [0.1, 0.15) is 5.60 Å². The number of carboxylic acids is 1. The summed E-state index contributed by atoms with van der Waals surface area (Å²) in [5, 5.41) is 8.81. The Balaban J connectivity index is 2.28. The van der Waals surface area contributed by atoms with Gasteiger partial charge in [-0.3, -0.25) is 0 Å². The Bertz CT molecular complexity index is 875. The molecule has 1 aliphatic rings. The monoisotopic (exact) mass is 423 g/mol. The zero-order chi connectivity index (χ0) is 22.5. The van der Waals surface area contributed by atoms with Gasteiger partial charge in [-0.05, 0) is 56.0 Å². The fourth-order valence-electron chi connectivity index (χ4n) is 2.86. The summed E-state index contributed by atoms with van der Waals surface area (Å²) in [6.07, 6.45) is 1.19. The van der Waals surface area contributed by atoms with Crippen LogP contribution in [0, 0.1) is 0 Å². The minimum atomic E-state index is -4.44. The molecule has 0 radical (unpaired) electrons. The van der Waals surface area contributed by atoms with Crippen molar-refractivity contribution in [2.75, 3.05) is 13.1 Å². The summed E-state index contributed by atoms with van der Waals surface area (Å²) in [5.74, 6) is -1.13. The maximum absolute atomic E-state index is 12.9. The fraction of sp³-hybridized carbons (Fsp3) is 0.364. The number of halogens is 3. The predicted octanol–water partition coefficient (Wildman–Crippen LogP) is 5.30. The number of amides is 1. The van der Waals surface area contributed by atoms with Crippen molar-refractivity contribution in [1.29, 1.82) is 0 Å². The van der Waals surface area contributed by atoms with Crippen LogP contribution in [0.3, 0.4) is 0 Å². The number of aliphatic carboxylic acids is 1. The third-order valence-electron chi connectivity index (χ3n) is 4.23. The van der Waals surface area contributed by atoms with E-state index in [1.807, 2.05) is 0 Å². The Morgan fingerprint density at radius 2 is 1.77 bits per heavy atom. The van der Waals surface area contributed by atoms with E-state index < -0.39 is 29.4 Å². The molecule has 0 aliphatic carbocycles. The number of carbonyl (C=O) groups excluding carboxylic acids is 1. The van der Waals surface area contributed by atoms with Crippen LogP contribution >= 0.6 is 0 Å². The first kappa shape index (κ1) is 23.3. The molecule has 0 bridgehead atoms. The first-order valence-electron chi connectivity index (χ1n) is 9.33. The van der Waals surface area contributed by atoms with Gasteiger partial charge in [0.05, 0.1) is 5.56 Å². The summed E-state index contributed by atoms with van der Waals surface area (Å²) in [6.45, 7) is 5.98. The summed E-state index contributed by atoms with van der Waals surface area (Å²) >= 11 is 0. The second-order valence-electron chi connectivity index (χ2n) is 7.76. The standard InChI is InChI=1S/C22H24F3NO4/c1-21(2,3)30-20(29)26-13-11-16(12-14-26)18(5-4-6-19(27)28)15-7-9-17(10-8-15)22(23,24)25/h4-11H,12-14H2,1-3H3,(H,27,28). The third-order valence-corrected chi connectivity index (χ3v) is 4.23. The molecule has 0 spiro atoms. The smallest absolute Gasteiger partial charge is 0.416 e. The van der Waals surface area contributed by atoms with Crippen LogP contribution in [0.2, 0.25) is 0 Å². The molecule has 1 amide bonds. The molecular formula is C22H24F3NO4. The number of rotatable bonds is 4. The van der Waals surface area contributed by atoms with E-state index in [4.69, 9.17) is 9.84 Å². The summed E-state index contributed by atoms with van der Waals surface area (Å²) < 4.78 is 43.9. The van der Waals surface area contributed by atoms with Gasteiger partial charge in [-0.2, -0.15) is 13.2 Å². The van der Waals surface area contributed by atoms with Crippen LogP contribution in [-0.2, 0) is 15.7 Å². The molecule has 0 saturated carbocycles. The third kappa shape index (κ3) is 6.79. The number of carbonyl (C=O) groups is 2. The lowest BCUT2D eigenvalue weighted by Crippen LogP contribution is -2.39. The number of nitrogens with zero attached hydrogens (tertiary/aromatic N) is 1. The number of benzene rings is 1. The molecule has 0 saturated heterocycles. The number of hydrogen-bond acceptors (Lipinski definition) is 3. The predicted molar refractivity (Wildman–Crippen MR) is 107 cm³/mol. The fourth-order valence-corrected chi connectivity index (χ4v) is 2.86. The first-order chi connectivity index (χ1) is 13.9. The normalized spacial score (nSPS) is 15.9. The largest absolute Gasteiger partial charge is 0.478 e. The second kappa shape index (κ2) is 9.19. The van der Waals surface area contributed by atoms with Gasteiger partial charge in [0.25, 0.3) is 0 Å². The van der Waals surface area contributed by atoms with Gasteiger partial charge in [0, 0.05) is 19.2 Å². The number of alkyl halides is 3. The lowest BCUT2D eigenvalue weighted by molar-refractivity contribution is -0.137. The Labute approximate surface area is 173 Å². The summed E-state index contributed by atoms with van der Waals surface area (Å²) in [5.41, 5.74) is 0.554. The van der Waals surface area contributed by atoms with E-state index in [2.05, 4.69) is 0 Å². The maximum Gasteiger partial charge on any atom is 0.416 e. The number of hydrogen-bond donors (Lipinski definition) is 1. The van der Waals surface area contributed by atoms with Crippen LogP contribution in [0.1, 0.15) is 38.3 Å². The molecular weight excluding hydrogens is 399 g/mol. The van der Waals surface area contributed by atoms with Gasteiger partial charge in [0.15, 0.2) is 0 Å².